The van der Waals surface area contributed by atoms with Crippen molar-refractivity contribution < 1.29 is 9.53 Å². The van der Waals surface area contributed by atoms with Crippen molar-refractivity contribution in [1.82, 2.24) is 10.3 Å². The second-order valence-electron chi connectivity index (χ2n) is 7.29. The van der Waals surface area contributed by atoms with Crippen LogP contribution in [0, 0.1) is 11.8 Å². The number of carbonyl (C=O) groups is 1. The van der Waals surface area contributed by atoms with E-state index in [1.54, 1.807) is 11.3 Å². The number of nitrogens with one attached hydrogen (secondary N) is 1. The maximum Gasteiger partial charge on any atom is 0.223 e. The highest BCUT2D eigenvalue weighted by Gasteiger charge is 2.27. The molecule has 0 unspecified atom stereocenters. The Morgan fingerprint density at radius 1 is 1.36 bits per heavy atom. The molecule has 2 rings (SSSR count). The molecule has 1 N–H and O–H groups in total. The average Bonchev–Trinajstić information content (AvgIpc) is 2.97. The number of ether oxygens (including phenoxy) is 1. The van der Waals surface area contributed by atoms with Gasteiger partial charge in [0, 0.05) is 29.9 Å². The van der Waals surface area contributed by atoms with Crippen LogP contribution in [-0.4, -0.2) is 24.1 Å². The van der Waals surface area contributed by atoms with Crippen molar-refractivity contribution in [2.75, 3.05) is 13.2 Å². The summed E-state index contributed by atoms with van der Waals surface area (Å²) in [6.45, 7) is 12.1. The molecule has 2 atom stereocenters. The van der Waals surface area contributed by atoms with E-state index in [9.17, 15) is 4.79 Å². The molecule has 1 aromatic rings. The molecule has 1 saturated heterocycles. The quantitative estimate of drug-likeness (QED) is 0.919. The molecule has 1 aromatic heterocycles. The summed E-state index contributed by atoms with van der Waals surface area (Å²) in [5.74, 6) is 0.600. The van der Waals surface area contributed by atoms with E-state index in [2.05, 4.69) is 31.5 Å². The third-order valence-corrected chi connectivity index (χ3v) is 5.43. The highest BCUT2D eigenvalue weighted by molar-refractivity contribution is 7.09. The highest BCUT2D eigenvalue weighted by atomic mass is 32.1. The molecule has 1 fully saturated rings. The predicted molar refractivity (Wildman–Crippen MR) is 90.1 cm³/mol. The molecule has 1 amide bonds. The van der Waals surface area contributed by atoms with Gasteiger partial charge in [0.25, 0.3) is 0 Å². The predicted octanol–water partition coefficient (Wildman–Crippen LogP) is 3.68. The fraction of sp³-hybridized carbons (Fsp3) is 0.765. The van der Waals surface area contributed by atoms with Crippen molar-refractivity contribution in [3.63, 3.8) is 0 Å². The fourth-order valence-electron chi connectivity index (χ4n) is 2.67. The van der Waals surface area contributed by atoms with Gasteiger partial charge < -0.3 is 10.1 Å². The Hall–Kier alpha value is -0.940. The molecule has 1 aliphatic rings. The van der Waals surface area contributed by atoms with Crippen molar-refractivity contribution in [2.24, 2.45) is 11.8 Å². The van der Waals surface area contributed by atoms with E-state index in [4.69, 9.17) is 9.72 Å². The van der Waals surface area contributed by atoms with Crippen LogP contribution < -0.4 is 5.32 Å². The molecule has 0 saturated carbocycles. The third kappa shape index (κ3) is 4.29. The normalized spacial score (nSPS) is 19.7. The van der Waals surface area contributed by atoms with Gasteiger partial charge in [0.1, 0.15) is 5.01 Å². The number of rotatable bonds is 4. The molecule has 0 aromatic carbocycles. The summed E-state index contributed by atoms with van der Waals surface area (Å²) in [4.78, 5) is 17.1. The zero-order valence-corrected chi connectivity index (χ0v) is 15.1. The topological polar surface area (TPSA) is 51.2 Å². The van der Waals surface area contributed by atoms with Gasteiger partial charge in [-0.2, -0.15) is 0 Å². The van der Waals surface area contributed by atoms with Crippen molar-refractivity contribution >= 4 is 17.2 Å². The van der Waals surface area contributed by atoms with Crippen molar-refractivity contribution in [1.29, 1.82) is 0 Å². The van der Waals surface area contributed by atoms with Crippen molar-refractivity contribution in [2.45, 2.75) is 58.9 Å². The van der Waals surface area contributed by atoms with Crippen LogP contribution in [0.25, 0.3) is 0 Å². The monoisotopic (exact) mass is 324 g/mol. The summed E-state index contributed by atoms with van der Waals surface area (Å²) in [7, 11) is 0. The maximum atomic E-state index is 12.5. The van der Waals surface area contributed by atoms with Crippen LogP contribution in [0.15, 0.2) is 5.38 Å². The number of thiazole rings is 1. The summed E-state index contributed by atoms with van der Waals surface area (Å²) < 4.78 is 5.37. The average molecular weight is 324 g/mol. The van der Waals surface area contributed by atoms with Gasteiger partial charge in [-0.25, -0.2) is 4.98 Å². The van der Waals surface area contributed by atoms with E-state index < -0.39 is 0 Å². The Morgan fingerprint density at radius 2 is 2.00 bits per heavy atom. The molecule has 0 spiro atoms. The summed E-state index contributed by atoms with van der Waals surface area (Å²) in [5.41, 5.74) is 1.14. The van der Waals surface area contributed by atoms with E-state index in [0.717, 1.165) is 36.8 Å². The molecule has 1 aliphatic heterocycles. The Bertz CT molecular complexity index is 501. The summed E-state index contributed by atoms with van der Waals surface area (Å²) in [6, 6.07) is -0.0316. The lowest BCUT2D eigenvalue weighted by Gasteiger charge is -2.27. The molecule has 0 aliphatic carbocycles. The summed E-state index contributed by atoms with van der Waals surface area (Å²) in [5, 5.41) is 6.21. The first-order valence-corrected chi connectivity index (χ1v) is 9.01. The van der Waals surface area contributed by atoms with Gasteiger partial charge in [-0.1, -0.05) is 27.7 Å². The first-order valence-electron chi connectivity index (χ1n) is 8.13. The van der Waals surface area contributed by atoms with Crippen LogP contribution in [0.4, 0.5) is 0 Å². The van der Waals surface area contributed by atoms with E-state index in [0.29, 0.717) is 5.92 Å². The third-order valence-electron chi connectivity index (χ3n) is 4.41. The molecular formula is C17H28N2O2S. The maximum absolute atomic E-state index is 12.5. The minimum absolute atomic E-state index is 0.0316. The first-order chi connectivity index (χ1) is 10.3. The minimum Gasteiger partial charge on any atom is -0.381 e. The summed E-state index contributed by atoms with van der Waals surface area (Å²) in [6.07, 6.45) is 1.96. The molecule has 5 heteroatoms. The Kier molecular flexibility index (Phi) is 5.61. The van der Waals surface area contributed by atoms with Gasteiger partial charge in [0.2, 0.25) is 5.91 Å². The highest BCUT2D eigenvalue weighted by Crippen LogP contribution is 2.28. The lowest BCUT2D eigenvalue weighted by Crippen LogP contribution is -2.36. The van der Waals surface area contributed by atoms with Gasteiger partial charge in [0.05, 0.1) is 11.7 Å². The smallest absolute Gasteiger partial charge is 0.223 e. The zero-order chi connectivity index (χ0) is 16.3. The van der Waals surface area contributed by atoms with E-state index in [1.165, 1.54) is 0 Å². The van der Waals surface area contributed by atoms with Gasteiger partial charge >= 0.3 is 0 Å². The summed E-state index contributed by atoms with van der Waals surface area (Å²) >= 11 is 1.63. The zero-order valence-electron chi connectivity index (χ0n) is 14.3. The van der Waals surface area contributed by atoms with Gasteiger partial charge in [0.15, 0.2) is 0 Å². The SMILES string of the molecule is C[C@@H](NC(=O)[C@H](C)C1CCOCC1)c1nc(C(C)(C)C)cs1. The van der Waals surface area contributed by atoms with Crippen LogP contribution in [0.3, 0.4) is 0 Å². The number of amides is 1. The molecule has 124 valence electrons. The molecule has 0 bridgehead atoms. The number of hydrogen-bond donors (Lipinski definition) is 1. The van der Waals surface area contributed by atoms with Crippen molar-refractivity contribution in [3.05, 3.63) is 16.1 Å². The van der Waals surface area contributed by atoms with Gasteiger partial charge in [-0.15, -0.1) is 11.3 Å². The van der Waals surface area contributed by atoms with Crippen LogP contribution >= 0.6 is 11.3 Å². The largest absolute Gasteiger partial charge is 0.381 e. The minimum atomic E-state index is -0.0316. The first kappa shape index (κ1) is 17.4. The second kappa shape index (κ2) is 7.09. The molecule has 2 heterocycles. The van der Waals surface area contributed by atoms with Crippen LogP contribution in [0.2, 0.25) is 0 Å². The Balaban J connectivity index is 1.94. The van der Waals surface area contributed by atoms with E-state index in [-0.39, 0.29) is 23.3 Å². The number of hydrogen-bond acceptors (Lipinski definition) is 4. The number of nitrogens with zero attached hydrogens (tertiary/aromatic N) is 1. The second-order valence-corrected chi connectivity index (χ2v) is 8.18. The molecule has 0 radical (unpaired) electrons. The standard InChI is InChI=1S/C17H28N2O2S/c1-11(13-6-8-21-9-7-13)15(20)18-12(2)16-19-14(10-22-16)17(3,4)5/h10-13H,6-9H2,1-5H3,(H,18,20)/t11-,12-/m1/s1. The fourth-order valence-corrected chi connectivity index (χ4v) is 3.72. The van der Waals surface area contributed by atoms with Gasteiger partial charge in [-0.05, 0) is 25.7 Å². The Morgan fingerprint density at radius 3 is 2.55 bits per heavy atom. The van der Waals surface area contributed by atoms with E-state index >= 15 is 0 Å². The van der Waals surface area contributed by atoms with Crippen LogP contribution in [-0.2, 0) is 14.9 Å². The molecule has 4 nitrogen and oxygen atoms in total. The molecule has 22 heavy (non-hydrogen) atoms. The van der Waals surface area contributed by atoms with E-state index in [1.807, 2.05) is 13.8 Å². The van der Waals surface area contributed by atoms with Crippen LogP contribution in [0.1, 0.15) is 64.2 Å². The van der Waals surface area contributed by atoms with Gasteiger partial charge in [-0.3, -0.25) is 4.79 Å². The van der Waals surface area contributed by atoms with Crippen molar-refractivity contribution in [3.8, 4) is 0 Å². The lowest BCUT2D eigenvalue weighted by molar-refractivity contribution is -0.127. The molecular weight excluding hydrogens is 296 g/mol. The lowest BCUT2D eigenvalue weighted by atomic mass is 9.86. The number of carbonyl (C=O) groups excluding carboxylic acids is 1. The number of aromatic nitrogens is 1. The van der Waals surface area contributed by atoms with Crippen LogP contribution in [0.5, 0.6) is 0 Å². The Labute approximate surface area is 137 Å².